The number of benzene rings is 1. The average Bonchev–Trinajstić information content (AvgIpc) is 2.41. The highest BCUT2D eigenvalue weighted by Crippen LogP contribution is 2.17. The van der Waals surface area contributed by atoms with Crippen LogP contribution < -0.4 is 4.74 Å². The van der Waals surface area contributed by atoms with Crippen molar-refractivity contribution in [3.8, 4) is 5.75 Å². The fourth-order valence-electron chi connectivity index (χ4n) is 2.05. The van der Waals surface area contributed by atoms with Crippen LogP contribution in [0.3, 0.4) is 0 Å². The highest BCUT2D eigenvalue weighted by molar-refractivity contribution is 7.99. The first-order chi connectivity index (χ1) is 9.16. The molecule has 0 spiro atoms. The molecule has 0 bridgehead atoms. The molecule has 0 aliphatic carbocycles. The largest absolute Gasteiger partial charge is 0.492 e. The molecule has 1 aliphatic heterocycles. The molecule has 0 saturated carbocycles. The van der Waals surface area contributed by atoms with Crippen molar-refractivity contribution in [2.75, 3.05) is 31.2 Å². The number of carbonyl (C=O) groups is 1. The van der Waals surface area contributed by atoms with E-state index >= 15 is 0 Å². The van der Waals surface area contributed by atoms with Gasteiger partial charge in [-0.05, 0) is 19.1 Å². The van der Waals surface area contributed by atoms with E-state index in [9.17, 15) is 4.79 Å². The van der Waals surface area contributed by atoms with Gasteiger partial charge in [0.2, 0.25) is 0 Å². The number of rotatable bonds is 5. The Morgan fingerprint density at radius 2 is 2.21 bits per heavy atom. The van der Waals surface area contributed by atoms with E-state index in [4.69, 9.17) is 9.84 Å². The number of ether oxygens (including phenoxy) is 1. The zero-order valence-electron chi connectivity index (χ0n) is 11.0. The van der Waals surface area contributed by atoms with Crippen LogP contribution in [-0.2, 0) is 4.79 Å². The highest BCUT2D eigenvalue weighted by Gasteiger charge is 2.28. The normalized spacial score (nSPS) is 20.2. The number of hydrogen-bond acceptors (Lipinski definition) is 4. The molecule has 5 heteroatoms. The summed E-state index contributed by atoms with van der Waals surface area (Å²) in [5, 5.41) is 9.16. The molecule has 1 unspecified atom stereocenters. The van der Waals surface area contributed by atoms with Crippen LogP contribution in [0.4, 0.5) is 0 Å². The zero-order chi connectivity index (χ0) is 13.7. The summed E-state index contributed by atoms with van der Waals surface area (Å²) >= 11 is 1.70. The van der Waals surface area contributed by atoms with E-state index in [2.05, 4.69) is 0 Å². The smallest absolute Gasteiger partial charge is 0.321 e. The Morgan fingerprint density at radius 3 is 2.89 bits per heavy atom. The molecule has 1 aliphatic rings. The average molecular weight is 281 g/mol. The third kappa shape index (κ3) is 4.14. The second-order valence-electron chi connectivity index (χ2n) is 4.63. The van der Waals surface area contributed by atoms with Crippen molar-refractivity contribution < 1.29 is 14.6 Å². The number of carboxylic acid groups (broad SMARTS) is 1. The van der Waals surface area contributed by atoms with Crippen molar-refractivity contribution in [1.29, 1.82) is 0 Å². The lowest BCUT2D eigenvalue weighted by atomic mass is 10.2. The predicted molar refractivity (Wildman–Crippen MR) is 77.0 cm³/mol. The molecule has 104 valence electrons. The van der Waals surface area contributed by atoms with Crippen molar-refractivity contribution in [2.45, 2.75) is 13.0 Å². The second kappa shape index (κ2) is 6.82. The maximum absolute atomic E-state index is 11.1. The molecule has 1 N–H and O–H groups in total. The van der Waals surface area contributed by atoms with Crippen LogP contribution in [0.5, 0.6) is 5.75 Å². The zero-order valence-corrected chi connectivity index (χ0v) is 11.9. The van der Waals surface area contributed by atoms with E-state index < -0.39 is 5.97 Å². The Hall–Kier alpha value is -1.20. The van der Waals surface area contributed by atoms with Gasteiger partial charge in [-0.15, -0.1) is 0 Å². The minimum absolute atomic E-state index is 0.375. The molecule has 1 atom stereocenters. The molecule has 1 fully saturated rings. The van der Waals surface area contributed by atoms with Crippen LogP contribution in [0.1, 0.15) is 5.56 Å². The highest BCUT2D eigenvalue weighted by atomic mass is 32.2. The Labute approximate surface area is 117 Å². The lowest BCUT2D eigenvalue weighted by Gasteiger charge is -2.32. The number of aliphatic carboxylic acids is 1. The van der Waals surface area contributed by atoms with Gasteiger partial charge in [-0.1, -0.05) is 17.7 Å². The van der Waals surface area contributed by atoms with Crippen LogP contribution in [0.25, 0.3) is 0 Å². The molecule has 1 aromatic carbocycles. The molecule has 0 amide bonds. The van der Waals surface area contributed by atoms with Gasteiger partial charge in [0.05, 0.1) is 0 Å². The molecule has 1 saturated heterocycles. The fraction of sp³-hybridized carbons (Fsp3) is 0.500. The first-order valence-corrected chi connectivity index (χ1v) is 7.56. The maximum Gasteiger partial charge on any atom is 0.321 e. The van der Waals surface area contributed by atoms with Gasteiger partial charge in [0, 0.05) is 24.6 Å². The van der Waals surface area contributed by atoms with Gasteiger partial charge in [-0.3, -0.25) is 9.69 Å². The quantitative estimate of drug-likeness (QED) is 0.893. The van der Waals surface area contributed by atoms with Gasteiger partial charge >= 0.3 is 5.97 Å². The van der Waals surface area contributed by atoms with Gasteiger partial charge in [0.1, 0.15) is 18.4 Å². The minimum Gasteiger partial charge on any atom is -0.492 e. The number of nitrogens with zero attached hydrogens (tertiary/aromatic N) is 1. The summed E-state index contributed by atoms with van der Waals surface area (Å²) in [6.45, 7) is 4.04. The van der Waals surface area contributed by atoms with E-state index in [-0.39, 0.29) is 6.04 Å². The van der Waals surface area contributed by atoms with Gasteiger partial charge in [-0.25, -0.2) is 0 Å². The monoisotopic (exact) mass is 281 g/mol. The van der Waals surface area contributed by atoms with Crippen LogP contribution in [0.15, 0.2) is 24.3 Å². The van der Waals surface area contributed by atoms with Gasteiger partial charge in [0.25, 0.3) is 0 Å². The standard InChI is InChI=1S/C14H19NO3S/c1-11-2-4-12(5-3-11)18-8-6-15-7-9-19-10-13(15)14(16)17/h2-5,13H,6-10H2,1H3,(H,16,17). The molecular weight excluding hydrogens is 262 g/mol. The summed E-state index contributed by atoms with van der Waals surface area (Å²) in [6, 6.07) is 7.52. The van der Waals surface area contributed by atoms with E-state index in [1.165, 1.54) is 5.56 Å². The van der Waals surface area contributed by atoms with Crippen molar-refractivity contribution >= 4 is 17.7 Å². The third-order valence-electron chi connectivity index (χ3n) is 3.19. The Kier molecular flexibility index (Phi) is 5.10. The molecule has 2 rings (SSSR count). The topological polar surface area (TPSA) is 49.8 Å². The molecule has 19 heavy (non-hydrogen) atoms. The minimum atomic E-state index is -0.734. The summed E-state index contributed by atoms with van der Waals surface area (Å²) in [6.07, 6.45) is 0. The van der Waals surface area contributed by atoms with Crippen LogP contribution in [0.2, 0.25) is 0 Å². The number of thioether (sulfide) groups is 1. The fourth-order valence-corrected chi connectivity index (χ4v) is 3.16. The van der Waals surface area contributed by atoms with Gasteiger partial charge in [-0.2, -0.15) is 11.8 Å². The van der Waals surface area contributed by atoms with Crippen LogP contribution >= 0.6 is 11.8 Å². The number of aryl methyl sites for hydroxylation is 1. The van der Waals surface area contributed by atoms with E-state index in [0.29, 0.717) is 18.9 Å². The van der Waals surface area contributed by atoms with E-state index in [0.717, 1.165) is 18.0 Å². The van der Waals surface area contributed by atoms with E-state index in [1.807, 2.05) is 36.1 Å². The number of hydrogen-bond donors (Lipinski definition) is 1. The predicted octanol–water partition coefficient (Wildman–Crippen LogP) is 1.88. The summed E-state index contributed by atoms with van der Waals surface area (Å²) in [4.78, 5) is 13.1. The van der Waals surface area contributed by atoms with Gasteiger partial charge < -0.3 is 9.84 Å². The number of carboxylic acids is 1. The van der Waals surface area contributed by atoms with Crippen molar-refractivity contribution in [1.82, 2.24) is 4.90 Å². The molecule has 4 nitrogen and oxygen atoms in total. The van der Waals surface area contributed by atoms with Crippen LogP contribution in [-0.4, -0.2) is 53.2 Å². The lowest BCUT2D eigenvalue weighted by molar-refractivity contribution is -0.142. The summed E-state index contributed by atoms with van der Waals surface area (Å²) in [7, 11) is 0. The third-order valence-corrected chi connectivity index (χ3v) is 4.22. The second-order valence-corrected chi connectivity index (χ2v) is 5.78. The Balaban J connectivity index is 1.80. The summed E-state index contributed by atoms with van der Waals surface area (Å²) in [5.41, 5.74) is 1.20. The molecule has 0 radical (unpaired) electrons. The first kappa shape index (κ1) is 14.2. The first-order valence-electron chi connectivity index (χ1n) is 6.41. The molecular formula is C14H19NO3S. The molecule has 1 heterocycles. The molecule has 1 aromatic rings. The Morgan fingerprint density at radius 1 is 1.47 bits per heavy atom. The Bertz CT molecular complexity index is 421. The van der Waals surface area contributed by atoms with Crippen molar-refractivity contribution in [2.24, 2.45) is 0 Å². The molecule has 0 aromatic heterocycles. The SMILES string of the molecule is Cc1ccc(OCCN2CCSCC2C(=O)O)cc1. The van der Waals surface area contributed by atoms with E-state index in [1.54, 1.807) is 11.8 Å². The van der Waals surface area contributed by atoms with Gasteiger partial charge in [0.15, 0.2) is 0 Å². The van der Waals surface area contributed by atoms with Crippen molar-refractivity contribution in [3.63, 3.8) is 0 Å². The van der Waals surface area contributed by atoms with Crippen molar-refractivity contribution in [3.05, 3.63) is 29.8 Å². The summed E-state index contributed by atoms with van der Waals surface area (Å²) < 4.78 is 5.65. The summed E-state index contributed by atoms with van der Waals surface area (Å²) in [5.74, 6) is 1.76. The van der Waals surface area contributed by atoms with Crippen LogP contribution in [0, 0.1) is 6.92 Å². The lowest BCUT2D eigenvalue weighted by Crippen LogP contribution is -2.48. The maximum atomic E-state index is 11.1.